The van der Waals surface area contributed by atoms with Gasteiger partial charge >= 0.3 is 0 Å². The number of nitrogens with zero attached hydrogens (tertiary/aromatic N) is 4. The lowest BCUT2D eigenvalue weighted by Crippen LogP contribution is -2.21. The first-order valence-electron chi connectivity index (χ1n) is 7.47. The molecule has 2 atom stereocenters. The van der Waals surface area contributed by atoms with Crippen molar-refractivity contribution in [3.63, 3.8) is 0 Å². The third-order valence-corrected chi connectivity index (χ3v) is 5.17. The van der Waals surface area contributed by atoms with Crippen molar-refractivity contribution in [2.75, 3.05) is 5.32 Å². The van der Waals surface area contributed by atoms with Crippen LogP contribution in [-0.2, 0) is 4.79 Å². The molecule has 1 aliphatic rings. The lowest BCUT2D eigenvalue weighted by atomic mass is 10.2. The molecule has 0 aromatic carbocycles. The minimum atomic E-state index is -0.650. The Morgan fingerprint density at radius 2 is 2.25 bits per heavy atom. The molecule has 3 radical (unpaired) electrons. The minimum absolute atomic E-state index is 0.0550. The van der Waals surface area contributed by atoms with Gasteiger partial charge in [0.1, 0.15) is 5.15 Å². The molecule has 3 heterocycles. The van der Waals surface area contributed by atoms with E-state index in [2.05, 4.69) is 30.6 Å². The number of carbonyl (C=O) groups excluding carboxylic acids is 1. The lowest BCUT2D eigenvalue weighted by molar-refractivity contribution is -0.116. The van der Waals surface area contributed by atoms with Gasteiger partial charge in [-0.3, -0.25) is 9.78 Å². The Morgan fingerprint density at radius 3 is 3.00 bits per heavy atom. The normalized spacial score (nSPS) is 22.5. The quantitative estimate of drug-likeness (QED) is 0.734. The van der Waals surface area contributed by atoms with Crippen LogP contribution in [0.2, 0.25) is 10.2 Å². The summed E-state index contributed by atoms with van der Waals surface area (Å²) in [5, 5.41) is 6.65. The molecule has 1 amide bonds. The van der Waals surface area contributed by atoms with Crippen LogP contribution in [0.5, 0.6) is 0 Å². The fourth-order valence-electron chi connectivity index (χ4n) is 2.70. The van der Waals surface area contributed by atoms with E-state index in [0.717, 1.165) is 11.3 Å². The van der Waals surface area contributed by atoms with Gasteiger partial charge in [0.05, 0.1) is 6.20 Å². The van der Waals surface area contributed by atoms with E-state index in [4.69, 9.17) is 11.6 Å². The molecule has 1 saturated carbocycles. The second kappa shape index (κ2) is 5.39. The van der Waals surface area contributed by atoms with Gasteiger partial charge in [-0.25, -0.2) is 9.50 Å². The van der Waals surface area contributed by atoms with Crippen molar-refractivity contribution in [2.45, 2.75) is 24.3 Å². The highest BCUT2D eigenvalue weighted by molar-refractivity contribution is 6.34. The number of imidazole rings is 1. The van der Waals surface area contributed by atoms with E-state index < -0.39 is 5.04 Å². The lowest BCUT2D eigenvalue weighted by Gasteiger charge is -2.10. The van der Waals surface area contributed by atoms with Crippen LogP contribution in [0.25, 0.3) is 5.65 Å². The van der Waals surface area contributed by atoms with E-state index in [1.54, 1.807) is 18.3 Å². The van der Waals surface area contributed by atoms with Crippen LogP contribution in [0.1, 0.15) is 23.6 Å². The summed E-state index contributed by atoms with van der Waals surface area (Å²) in [6.45, 7) is 1.99. The van der Waals surface area contributed by atoms with Gasteiger partial charge in [-0.1, -0.05) is 17.7 Å². The van der Waals surface area contributed by atoms with Crippen LogP contribution in [0, 0.1) is 6.92 Å². The Balaban J connectivity index is 1.52. The van der Waals surface area contributed by atoms with E-state index in [1.807, 2.05) is 25.3 Å². The average Bonchev–Trinajstić information content (AvgIpc) is 3.09. The largest absolute Gasteiger partial charge is 0.309 e. The van der Waals surface area contributed by atoms with E-state index in [1.165, 1.54) is 4.52 Å². The summed E-state index contributed by atoms with van der Waals surface area (Å²) in [7, 11) is 3.63. The van der Waals surface area contributed by atoms with Crippen LogP contribution < -0.4 is 5.32 Å². The fraction of sp³-hybridized carbons (Fsp3) is 0.250. The second-order valence-corrected chi connectivity index (χ2v) is 7.31. The number of pyridine rings is 1. The molecule has 1 N–H and O–H groups in total. The molecule has 0 bridgehead atoms. The first kappa shape index (κ1) is 15.3. The maximum Gasteiger partial charge on any atom is 0.228 e. The third-order valence-electron chi connectivity index (χ3n) is 4.19. The van der Waals surface area contributed by atoms with Gasteiger partial charge in [0.25, 0.3) is 0 Å². The summed E-state index contributed by atoms with van der Waals surface area (Å²) in [6.07, 6.45) is 4.15. The van der Waals surface area contributed by atoms with E-state index in [0.29, 0.717) is 23.0 Å². The van der Waals surface area contributed by atoms with Crippen LogP contribution in [0.3, 0.4) is 0 Å². The molecule has 0 saturated heterocycles. The van der Waals surface area contributed by atoms with Crippen molar-refractivity contribution in [1.82, 2.24) is 19.6 Å². The summed E-state index contributed by atoms with van der Waals surface area (Å²) in [4.78, 5) is 21.3. The molecule has 1 fully saturated rings. The van der Waals surface area contributed by atoms with Crippen molar-refractivity contribution in [3.05, 3.63) is 53.1 Å². The van der Waals surface area contributed by atoms with Crippen molar-refractivity contribution < 1.29 is 4.79 Å². The number of carbonyl (C=O) groups is 1. The molecule has 0 spiro atoms. The molecule has 119 valence electrons. The summed E-state index contributed by atoms with van der Waals surface area (Å²) < 4.78 is 1.53. The highest BCUT2D eigenvalue weighted by atomic mass is 35.5. The van der Waals surface area contributed by atoms with Gasteiger partial charge in [0.2, 0.25) is 5.91 Å². The Morgan fingerprint density at radius 1 is 1.42 bits per heavy atom. The molecular weight excluding hydrogens is 342 g/mol. The van der Waals surface area contributed by atoms with Gasteiger partial charge < -0.3 is 5.32 Å². The summed E-state index contributed by atoms with van der Waals surface area (Å²) in [6, 6.07) is 7.36. The zero-order valence-electron chi connectivity index (χ0n) is 12.8. The van der Waals surface area contributed by atoms with Gasteiger partial charge in [0, 0.05) is 33.1 Å². The maximum atomic E-state index is 12.6. The molecule has 3 aromatic rings. The smallest absolute Gasteiger partial charge is 0.228 e. The van der Waals surface area contributed by atoms with Crippen molar-refractivity contribution in [1.29, 1.82) is 0 Å². The molecule has 8 heteroatoms. The number of fused-ring (bicyclic) bond motifs is 1. The number of anilines is 1. The highest BCUT2D eigenvalue weighted by Crippen LogP contribution is 2.63. The van der Waals surface area contributed by atoms with Gasteiger partial charge in [-0.15, -0.1) is 0 Å². The van der Waals surface area contributed by atoms with Crippen LogP contribution in [0.4, 0.5) is 5.82 Å². The minimum Gasteiger partial charge on any atom is -0.309 e. The molecule has 6 nitrogen and oxygen atoms in total. The molecule has 3 aromatic heterocycles. The Kier molecular flexibility index (Phi) is 3.43. The number of hydrogen-bond donors (Lipinski definition) is 1. The van der Waals surface area contributed by atoms with Crippen molar-refractivity contribution in [3.8, 4) is 0 Å². The molecule has 4 rings (SSSR count). The number of aryl methyl sites for hydroxylation is 1. The van der Waals surface area contributed by atoms with Crippen molar-refractivity contribution >= 4 is 39.2 Å². The number of nitrogens with one attached hydrogen (secondary N) is 1. The van der Waals surface area contributed by atoms with E-state index in [9.17, 15) is 4.79 Å². The maximum absolute atomic E-state index is 12.6. The number of halogens is 1. The number of amides is 1. The van der Waals surface area contributed by atoms with Crippen LogP contribution in [-0.4, -0.2) is 35.7 Å². The molecular formula is C16H13ClN5OSi. The van der Waals surface area contributed by atoms with Gasteiger partial charge in [0.15, 0.2) is 11.5 Å². The Hall–Kier alpha value is -2.25. The van der Waals surface area contributed by atoms with Crippen LogP contribution in [0.15, 0.2) is 36.7 Å². The SMILES string of the molecule is Cc1ccc([C@@H]2C[C@]2([Si])C(=O)Nc2cn3nc(Cl)ccc3n2)nc1. The second-order valence-electron chi connectivity index (χ2n) is 6.03. The summed E-state index contributed by atoms with van der Waals surface area (Å²) >= 11 is 5.85. The van der Waals surface area contributed by atoms with Gasteiger partial charge in [-0.05, 0) is 37.1 Å². The Labute approximate surface area is 146 Å². The van der Waals surface area contributed by atoms with Crippen LogP contribution >= 0.6 is 11.6 Å². The van der Waals surface area contributed by atoms with E-state index in [-0.39, 0.29) is 11.8 Å². The third kappa shape index (κ3) is 2.59. The predicted molar refractivity (Wildman–Crippen MR) is 91.4 cm³/mol. The molecule has 1 aliphatic carbocycles. The van der Waals surface area contributed by atoms with Gasteiger partial charge in [-0.2, -0.15) is 5.10 Å². The number of hydrogen-bond acceptors (Lipinski definition) is 4. The average molecular weight is 355 g/mol. The standard InChI is InChI=1S/C16H13ClN5OSi/c1-9-2-3-11(18-7-9)10-6-16(10,24)15(23)20-13-8-22-14(19-13)5-4-12(17)21-22/h2-5,7-8,10H,6H2,1H3,(H,20,23)/t10-,16+/m0/s1. The van der Waals surface area contributed by atoms with Crippen molar-refractivity contribution in [2.24, 2.45) is 0 Å². The van der Waals surface area contributed by atoms with E-state index >= 15 is 0 Å². The molecule has 0 aliphatic heterocycles. The molecule has 0 unspecified atom stereocenters. The Bertz CT molecular complexity index is 941. The fourth-order valence-corrected chi connectivity index (χ4v) is 3.26. The monoisotopic (exact) mass is 354 g/mol. The summed E-state index contributed by atoms with van der Waals surface area (Å²) in [5.41, 5.74) is 2.62. The first-order chi connectivity index (χ1) is 11.5. The number of rotatable bonds is 3. The first-order valence-corrected chi connectivity index (χ1v) is 8.34. The number of aromatic nitrogens is 4. The molecule has 24 heavy (non-hydrogen) atoms. The summed E-state index contributed by atoms with van der Waals surface area (Å²) in [5.74, 6) is 0.357. The predicted octanol–water partition coefficient (Wildman–Crippen LogP) is 2.54. The topological polar surface area (TPSA) is 72.2 Å². The highest BCUT2D eigenvalue weighted by Gasteiger charge is 2.57. The zero-order valence-corrected chi connectivity index (χ0v) is 14.6. The zero-order chi connectivity index (χ0) is 16.9.